The quantitative estimate of drug-likeness (QED) is 0.877. The number of aromatic nitrogens is 2. The maximum absolute atomic E-state index is 5.46. The summed E-state index contributed by atoms with van der Waals surface area (Å²) in [4.78, 5) is 0. The van der Waals surface area contributed by atoms with E-state index in [0.717, 1.165) is 12.1 Å². The van der Waals surface area contributed by atoms with E-state index in [1.807, 2.05) is 18.8 Å². The first-order chi connectivity index (χ1) is 8.11. The van der Waals surface area contributed by atoms with Crippen LogP contribution in [0.3, 0.4) is 0 Å². The highest BCUT2D eigenvalue weighted by Gasteiger charge is 2.23. The molecule has 17 heavy (non-hydrogen) atoms. The van der Waals surface area contributed by atoms with Crippen LogP contribution in [0.5, 0.6) is 0 Å². The smallest absolute Gasteiger partial charge is 0.0827 e. The van der Waals surface area contributed by atoms with Gasteiger partial charge in [-0.3, -0.25) is 4.68 Å². The number of nitrogens with one attached hydrogen (secondary N) is 1. The van der Waals surface area contributed by atoms with Gasteiger partial charge in [0.2, 0.25) is 0 Å². The monoisotopic (exact) mass is 237 g/mol. The Balaban J connectivity index is 2.05. The molecule has 96 valence electrons. The summed E-state index contributed by atoms with van der Waals surface area (Å²) in [6.07, 6.45) is 5.19. The highest BCUT2D eigenvalue weighted by atomic mass is 16.5. The molecule has 1 saturated carbocycles. The lowest BCUT2D eigenvalue weighted by atomic mass is 9.92. The van der Waals surface area contributed by atoms with Gasteiger partial charge >= 0.3 is 0 Å². The van der Waals surface area contributed by atoms with Crippen LogP contribution in [0, 0.1) is 13.8 Å². The molecule has 2 rings (SSSR count). The van der Waals surface area contributed by atoms with Crippen LogP contribution in [0.15, 0.2) is 0 Å². The molecule has 0 spiro atoms. The van der Waals surface area contributed by atoms with E-state index in [0.29, 0.717) is 12.1 Å². The molecule has 2 atom stereocenters. The molecule has 4 heteroatoms. The zero-order valence-electron chi connectivity index (χ0n) is 11.3. The molecule has 1 heterocycles. The fourth-order valence-corrected chi connectivity index (χ4v) is 2.68. The van der Waals surface area contributed by atoms with E-state index < -0.39 is 0 Å². The number of hydrogen-bond acceptors (Lipinski definition) is 3. The van der Waals surface area contributed by atoms with E-state index >= 15 is 0 Å². The van der Waals surface area contributed by atoms with Crippen molar-refractivity contribution in [3.63, 3.8) is 0 Å². The number of methoxy groups -OCH3 is 1. The van der Waals surface area contributed by atoms with Crippen molar-refractivity contribution in [2.75, 3.05) is 12.4 Å². The molecular formula is C13H23N3O. The number of ether oxygens (including phenoxy) is 1. The second-order valence-electron chi connectivity index (χ2n) is 5.04. The third kappa shape index (κ3) is 2.63. The van der Waals surface area contributed by atoms with Gasteiger partial charge in [0.15, 0.2) is 0 Å². The molecule has 1 aliphatic rings. The average Bonchev–Trinajstić information content (AvgIpc) is 2.56. The number of aryl methyl sites for hydroxylation is 2. The summed E-state index contributed by atoms with van der Waals surface area (Å²) in [5.74, 6) is 0. The Morgan fingerprint density at radius 1 is 1.35 bits per heavy atom. The number of hydrogen-bond donors (Lipinski definition) is 1. The third-order valence-corrected chi connectivity index (χ3v) is 3.82. The molecule has 4 nitrogen and oxygen atoms in total. The highest BCUT2D eigenvalue weighted by molar-refractivity contribution is 5.52. The van der Waals surface area contributed by atoms with Gasteiger partial charge in [-0.25, -0.2) is 0 Å². The maximum Gasteiger partial charge on any atom is 0.0827 e. The van der Waals surface area contributed by atoms with Gasteiger partial charge < -0.3 is 10.1 Å². The Bertz CT molecular complexity index is 386. The first-order valence-corrected chi connectivity index (χ1v) is 6.41. The highest BCUT2D eigenvalue weighted by Crippen LogP contribution is 2.26. The molecule has 0 radical (unpaired) electrons. The molecule has 0 aliphatic heterocycles. The minimum absolute atomic E-state index is 0.415. The minimum Gasteiger partial charge on any atom is -0.381 e. The topological polar surface area (TPSA) is 39.1 Å². The van der Waals surface area contributed by atoms with E-state index in [2.05, 4.69) is 24.3 Å². The van der Waals surface area contributed by atoms with Crippen LogP contribution in [0.2, 0.25) is 0 Å². The Morgan fingerprint density at radius 3 is 2.71 bits per heavy atom. The average molecular weight is 237 g/mol. The molecular weight excluding hydrogens is 214 g/mol. The summed E-state index contributed by atoms with van der Waals surface area (Å²) in [6.45, 7) is 4.17. The summed E-state index contributed by atoms with van der Waals surface area (Å²) in [5.41, 5.74) is 3.50. The van der Waals surface area contributed by atoms with Crippen molar-refractivity contribution in [2.45, 2.75) is 51.7 Å². The fourth-order valence-electron chi connectivity index (χ4n) is 2.68. The zero-order valence-corrected chi connectivity index (χ0v) is 11.3. The molecule has 0 amide bonds. The molecule has 1 fully saturated rings. The molecule has 0 bridgehead atoms. The van der Waals surface area contributed by atoms with Gasteiger partial charge in [-0.05, 0) is 39.5 Å². The first-order valence-electron chi connectivity index (χ1n) is 6.41. The summed E-state index contributed by atoms with van der Waals surface area (Å²) < 4.78 is 7.40. The van der Waals surface area contributed by atoms with E-state index in [4.69, 9.17) is 4.74 Å². The van der Waals surface area contributed by atoms with Crippen LogP contribution in [-0.2, 0) is 11.8 Å². The lowest BCUT2D eigenvalue weighted by molar-refractivity contribution is 0.0669. The number of rotatable bonds is 3. The molecule has 1 aromatic rings. The van der Waals surface area contributed by atoms with Crippen molar-refractivity contribution in [3.05, 3.63) is 11.4 Å². The van der Waals surface area contributed by atoms with Gasteiger partial charge in [0, 0.05) is 20.2 Å². The second-order valence-corrected chi connectivity index (χ2v) is 5.04. The molecule has 2 unspecified atom stereocenters. The lowest BCUT2D eigenvalue weighted by Gasteiger charge is -2.29. The van der Waals surface area contributed by atoms with Crippen molar-refractivity contribution in [1.82, 2.24) is 9.78 Å². The van der Waals surface area contributed by atoms with Crippen LogP contribution >= 0.6 is 0 Å². The van der Waals surface area contributed by atoms with Crippen LogP contribution < -0.4 is 5.32 Å². The Labute approximate surface area is 103 Å². The van der Waals surface area contributed by atoms with Crippen molar-refractivity contribution in [1.29, 1.82) is 0 Å². The third-order valence-electron chi connectivity index (χ3n) is 3.82. The SMILES string of the molecule is COC1CCCC(Nc2c(C)nn(C)c2C)C1. The lowest BCUT2D eigenvalue weighted by Crippen LogP contribution is -2.31. The molecule has 0 aromatic carbocycles. The Morgan fingerprint density at radius 2 is 2.12 bits per heavy atom. The molecule has 1 aromatic heterocycles. The fraction of sp³-hybridized carbons (Fsp3) is 0.769. The molecule has 0 saturated heterocycles. The molecule has 1 aliphatic carbocycles. The predicted octanol–water partition coefficient (Wildman–Crippen LogP) is 2.41. The van der Waals surface area contributed by atoms with E-state index in [1.165, 1.54) is 30.6 Å². The van der Waals surface area contributed by atoms with Gasteiger partial charge in [-0.15, -0.1) is 0 Å². The zero-order chi connectivity index (χ0) is 12.4. The Kier molecular flexibility index (Phi) is 3.72. The Hall–Kier alpha value is -1.03. The second kappa shape index (κ2) is 5.08. The van der Waals surface area contributed by atoms with E-state index in [1.54, 1.807) is 0 Å². The van der Waals surface area contributed by atoms with Crippen LogP contribution in [0.4, 0.5) is 5.69 Å². The minimum atomic E-state index is 0.415. The van der Waals surface area contributed by atoms with E-state index in [-0.39, 0.29) is 0 Å². The first kappa shape index (κ1) is 12.4. The summed E-state index contributed by atoms with van der Waals surface area (Å²) in [7, 11) is 3.81. The van der Waals surface area contributed by atoms with Crippen molar-refractivity contribution < 1.29 is 4.74 Å². The largest absolute Gasteiger partial charge is 0.381 e. The predicted molar refractivity (Wildman–Crippen MR) is 69.4 cm³/mol. The van der Waals surface area contributed by atoms with Crippen LogP contribution in [0.25, 0.3) is 0 Å². The van der Waals surface area contributed by atoms with Gasteiger partial charge in [0.1, 0.15) is 0 Å². The van der Waals surface area contributed by atoms with Crippen LogP contribution in [-0.4, -0.2) is 29.0 Å². The van der Waals surface area contributed by atoms with Crippen molar-refractivity contribution in [2.24, 2.45) is 7.05 Å². The van der Waals surface area contributed by atoms with Crippen LogP contribution in [0.1, 0.15) is 37.1 Å². The van der Waals surface area contributed by atoms with Gasteiger partial charge in [0.25, 0.3) is 0 Å². The number of anilines is 1. The summed E-state index contributed by atoms with van der Waals surface area (Å²) in [6, 6.07) is 0.523. The normalized spacial score (nSPS) is 24.9. The number of nitrogens with zero attached hydrogens (tertiary/aromatic N) is 2. The summed E-state index contributed by atoms with van der Waals surface area (Å²) >= 11 is 0. The van der Waals surface area contributed by atoms with Crippen molar-refractivity contribution >= 4 is 5.69 Å². The van der Waals surface area contributed by atoms with Crippen molar-refractivity contribution in [3.8, 4) is 0 Å². The van der Waals surface area contributed by atoms with Gasteiger partial charge in [-0.2, -0.15) is 5.10 Å². The van der Waals surface area contributed by atoms with Gasteiger partial charge in [0.05, 0.1) is 23.2 Å². The standard InChI is InChI=1S/C13H23N3O/c1-9-13(10(2)16(3)15-9)14-11-6-5-7-12(8-11)17-4/h11-12,14H,5-8H2,1-4H3. The van der Waals surface area contributed by atoms with E-state index in [9.17, 15) is 0 Å². The molecule has 1 N–H and O–H groups in total. The maximum atomic E-state index is 5.46. The summed E-state index contributed by atoms with van der Waals surface area (Å²) in [5, 5.41) is 8.08. The van der Waals surface area contributed by atoms with Gasteiger partial charge in [-0.1, -0.05) is 0 Å².